The lowest BCUT2D eigenvalue weighted by atomic mass is 9.97. The van der Waals surface area contributed by atoms with Gasteiger partial charge in [0.15, 0.2) is 6.10 Å². The van der Waals surface area contributed by atoms with Crippen molar-refractivity contribution in [3.63, 3.8) is 0 Å². The molecule has 0 saturated carbocycles. The lowest BCUT2D eigenvalue weighted by molar-refractivity contribution is -0.128. The van der Waals surface area contributed by atoms with E-state index in [0.717, 1.165) is 24.1 Å². The van der Waals surface area contributed by atoms with Crippen molar-refractivity contribution >= 4 is 23.2 Å². The first-order valence-electron chi connectivity index (χ1n) is 8.62. The number of nitrogens with one attached hydrogen (secondary N) is 1. The van der Waals surface area contributed by atoms with Gasteiger partial charge in [-0.2, -0.15) is 0 Å². The average molecular weight is 375 g/mol. The molecule has 1 N–H and O–H groups in total. The number of fused-ring (bicyclic) bond motifs is 1. The van der Waals surface area contributed by atoms with E-state index >= 15 is 0 Å². The van der Waals surface area contributed by atoms with Crippen LogP contribution in [0.5, 0.6) is 5.75 Å². The number of nitrogens with zero attached hydrogens (tertiary/aromatic N) is 1. The topological polar surface area (TPSA) is 50.8 Å². The molecule has 0 bridgehead atoms. The number of carbonyl (C=O) groups excluding carboxylic acids is 1. The maximum atomic E-state index is 12.7. The number of hydrogen-bond acceptors (Lipinski definition) is 4. The Labute approximate surface area is 158 Å². The van der Waals surface area contributed by atoms with Gasteiger partial charge in [0.05, 0.1) is 11.6 Å². The van der Waals surface area contributed by atoms with Gasteiger partial charge in [0, 0.05) is 12.2 Å². The van der Waals surface area contributed by atoms with Crippen molar-refractivity contribution < 1.29 is 14.3 Å². The quantitative estimate of drug-likeness (QED) is 0.840. The normalized spacial score (nSPS) is 16.2. The zero-order valence-corrected chi connectivity index (χ0v) is 15.8. The zero-order chi connectivity index (χ0) is 18.5. The van der Waals surface area contributed by atoms with Crippen molar-refractivity contribution in [2.24, 2.45) is 0 Å². The van der Waals surface area contributed by atoms with Crippen LogP contribution in [0.1, 0.15) is 17.2 Å². The van der Waals surface area contributed by atoms with Crippen LogP contribution in [-0.2, 0) is 16.0 Å². The third kappa shape index (κ3) is 4.55. The molecule has 5 nitrogen and oxygen atoms in total. The minimum atomic E-state index is -0.602. The summed E-state index contributed by atoms with van der Waals surface area (Å²) in [6, 6.07) is 13.1. The molecule has 2 aromatic carbocycles. The largest absolute Gasteiger partial charge is 0.491 e. The lowest BCUT2D eigenvalue weighted by Gasteiger charge is -2.25. The van der Waals surface area contributed by atoms with Gasteiger partial charge in [-0.15, -0.1) is 0 Å². The molecule has 26 heavy (non-hydrogen) atoms. The summed E-state index contributed by atoms with van der Waals surface area (Å²) < 4.78 is 11.4. The molecule has 6 heteroatoms. The monoisotopic (exact) mass is 374 g/mol. The SMILES string of the molecule is CN(C)CCOc1ccc(NC(=O)C2OCCc3ccccc32)cc1Cl. The molecule has 0 radical (unpaired) electrons. The molecule has 1 aliphatic heterocycles. The van der Waals surface area contributed by atoms with E-state index in [0.29, 0.717) is 29.7 Å². The molecule has 138 valence electrons. The van der Waals surface area contributed by atoms with Crippen molar-refractivity contribution in [2.75, 3.05) is 39.2 Å². The van der Waals surface area contributed by atoms with Gasteiger partial charge >= 0.3 is 0 Å². The molecule has 1 atom stereocenters. The smallest absolute Gasteiger partial charge is 0.258 e. The fraction of sp³-hybridized carbons (Fsp3) is 0.350. The Balaban J connectivity index is 1.66. The Bertz CT molecular complexity index is 779. The predicted molar refractivity (Wildman–Crippen MR) is 103 cm³/mol. The number of likely N-dealkylation sites (N-methyl/N-ethyl adjacent to an activating group) is 1. The predicted octanol–water partition coefficient (Wildman–Crippen LogP) is 3.53. The minimum absolute atomic E-state index is 0.200. The minimum Gasteiger partial charge on any atom is -0.491 e. The van der Waals surface area contributed by atoms with Gasteiger partial charge in [-0.25, -0.2) is 0 Å². The molecule has 1 amide bonds. The Morgan fingerprint density at radius 1 is 1.31 bits per heavy atom. The fourth-order valence-electron chi connectivity index (χ4n) is 2.85. The lowest BCUT2D eigenvalue weighted by Crippen LogP contribution is -2.28. The van der Waals surface area contributed by atoms with E-state index in [1.165, 1.54) is 0 Å². The second-order valence-corrected chi connectivity index (χ2v) is 6.89. The molecule has 3 rings (SSSR count). The molecule has 0 aromatic heterocycles. The van der Waals surface area contributed by atoms with Crippen molar-refractivity contribution in [1.29, 1.82) is 0 Å². The summed E-state index contributed by atoms with van der Waals surface area (Å²) >= 11 is 6.27. The van der Waals surface area contributed by atoms with Crippen LogP contribution in [0.2, 0.25) is 5.02 Å². The Morgan fingerprint density at radius 2 is 2.12 bits per heavy atom. The summed E-state index contributed by atoms with van der Waals surface area (Å²) in [5.74, 6) is 0.403. The van der Waals surface area contributed by atoms with Crippen molar-refractivity contribution in [3.05, 3.63) is 58.6 Å². The van der Waals surface area contributed by atoms with Gasteiger partial charge in [0.25, 0.3) is 5.91 Å². The van der Waals surface area contributed by atoms with Gasteiger partial charge in [-0.3, -0.25) is 4.79 Å². The average Bonchev–Trinajstić information content (AvgIpc) is 2.62. The van der Waals surface area contributed by atoms with Crippen molar-refractivity contribution in [1.82, 2.24) is 4.90 Å². The van der Waals surface area contributed by atoms with E-state index in [-0.39, 0.29) is 5.91 Å². The number of anilines is 1. The van der Waals surface area contributed by atoms with Crippen LogP contribution < -0.4 is 10.1 Å². The number of halogens is 1. The van der Waals surface area contributed by atoms with Crippen LogP contribution in [0.15, 0.2) is 42.5 Å². The zero-order valence-electron chi connectivity index (χ0n) is 15.0. The molecule has 1 aliphatic rings. The first-order chi connectivity index (χ1) is 12.5. The summed E-state index contributed by atoms with van der Waals surface area (Å²) in [7, 11) is 3.96. The molecule has 0 spiro atoms. The van der Waals surface area contributed by atoms with Crippen LogP contribution >= 0.6 is 11.6 Å². The van der Waals surface area contributed by atoms with Gasteiger partial charge in [-0.05, 0) is 49.8 Å². The first-order valence-corrected chi connectivity index (χ1v) is 9.00. The number of hydrogen-bond donors (Lipinski definition) is 1. The van der Waals surface area contributed by atoms with Crippen LogP contribution in [-0.4, -0.2) is 44.7 Å². The van der Waals surface area contributed by atoms with E-state index in [9.17, 15) is 4.79 Å². The maximum Gasteiger partial charge on any atom is 0.258 e. The van der Waals surface area contributed by atoms with Crippen molar-refractivity contribution in [3.8, 4) is 5.75 Å². The van der Waals surface area contributed by atoms with Gasteiger partial charge in [-0.1, -0.05) is 35.9 Å². The highest BCUT2D eigenvalue weighted by molar-refractivity contribution is 6.32. The molecule has 0 aliphatic carbocycles. The van der Waals surface area contributed by atoms with Crippen LogP contribution in [0.3, 0.4) is 0 Å². The van der Waals surface area contributed by atoms with Crippen LogP contribution in [0, 0.1) is 0 Å². The first kappa shape index (κ1) is 18.7. The van der Waals surface area contributed by atoms with E-state index in [1.807, 2.05) is 43.3 Å². The number of amides is 1. The van der Waals surface area contributed by atoms with E-state index < -0.39 is 6.10 Å². The van der Waals surface area contributed by atoms with Gasteiger partial charge in [0.1, 0.15) is 12.4 Å². The molecule has 0 saturated heterocycles. The summed E-state index contributed by atoms with van der Waals surface area (Å²) in [5, 5.41) is 3.35. The van der Waals surface area contributed by atoms with Gasteiger partial charge < -0.3 is 19.7 Å². The summed E-state index contributed by atoms with van der Waals surface area (Å²) in [6.07, 6.45) is 0.222. The Hall–Kier alpha value is -2.08. The Kier molecular flexibility index (Phi) is 6.14. The highest BCUT2D eigenvalue weighted by Gasteiger charge is 2.27. The molecule has 0 fully saturated rings. The Morgan fingerprint density at radius 3 is 2.88 bits per heavy atom. The third-order valence-electron chi connectivity index (χ3n) is 4.23. The molecular formula is C20H23ClN2O3. The standard InChI is InChI=1S/C20H23ClN2O3/c1-23(2)10-12-25-18-8-7-15(13-17(18)21)22-20(24)19-16-6-4-3-5-14(16)9-11-26-19/h3-8,13,19H,9-12H2,1-2H3,(H,22,24). The molecule has 1 heterocycles. The third-order valence-corrected chi connectivity index (χ3v) is 4.52. The van der Waals surface area contributed by atoms with E-state index in [4.69, 9.17) is 21.1 Å². The maximum absolute atomic E-state index is 12.7. The van der Waals surface area contributed by atoms with E-state index in [1.54, 1.807) is 18.2 Å². The number of carbonyl (C=O) groups is 1. The highest BCUT2D eigenvalue weighted by Crippen LogP contribution is 2.30. The fourth-order valence-corrected chi connectivity index (χ4v) is 3.09. The summed E-state index contributed by atoms with van der Waals surface area (Å²) in [5.41, 5.74) is 2.69. The van der Waals surface area contributed by atoms with Gasteiger partial charge in [0.2, 0.25) is 0 Å². The number of ether oxygens (including phenoxy) is 2. The highest BCUT2D eigenvalue weighted by atomic mass is 35.5. The summed E-state index contributed by atoms with van der Waals surface area (Å²) in [6.45, 7) is 1.88. The summed E-state index contributed by atoms with van der Waals surface area (Å²) in [4.78, 5) is 14.7. The van der Waals surface area contributed by atoms with Crippen LogP contribution in [0.4, 0.5) is 5.69 Å². The number of rotatable bonds is 6. The van der Waals surface area contributed by atoms with E-state index in [2.05, 4.69) is 5.32 Å². The second-order valence-electron chi connectivity index (χ2n) is 6.49. The molecular weight excluding hydrogens is 352 g/mol. The van der Waals surface area contributed by atoms with Crippen molar-refractivity contribution in [2.45, 2.75) is 12.5 Å². The second kappa shape index (κ2) is 8.54. The molecule has 1 unspecified atom stereocenters. The number of benzene rings is 2. The van der Waals surface area contributed by atoms with Crippen LogP contribution in [0.25, 0.3) is 0 Å². The molecule has 2 aromatic rings.